The molecule has 3 nitrogen and oxygen atoms in total. The van der Waals surface area contributed by atoms with Crippen molar-refractivity contribution in [3.8, 4) is 0 Å². The highest BCUT2D eigenvalue weighted by atomic mass is 16.4. The van der Waals surface area contributed by atoms with Gasteiger partial charge < -0.3 is 10.0 Å². The minimum atomic E-state index is -0.816. The number of rotatable bonds is 4. The van der Waals surface area contributed by atoms with Crippen molar-refractivity contribution in [3.05, 3.63) is 0 Å². The Morgan fingerprint density at radius 3 is 2.15 bits per heavy atom. The number of carbonyl (C=O) groups is 1. The van der Waals surface area contributed by atoms with Crippen molar-refractivity contribution in [3.63, 3.8) is 0 Å². The van der Waals surface area contributed by atoms with Gasteiger partial charge in [-0.05, 0) is 27.2 Å². The van der Waals surface area contributed by atoms with Crippen LogP contribution in [-0.2, 0) is 0 Å². The predicted octanol–water partition coefficient (Wildman–Crippen LogP) is 2.96. The summed E-state index contributed by atoms with van der Waals surface area (Å²) in [7, 11) is 0. The molecule has 0 fully saturated rings. The summed E-state index contributed by atoms with van der Waals surface area (Å²) in [6.45, 7) is 8.53. The molecule has 0 aliphatic rings. The summed E-state index contributed by atoms with van der Waals surface area (Å²) < 4.78 is 0. The Balaban J connectivity index is 4.04. The van der Waals surface area contributed by atoms with Crippen LogP contribution in [0.25, 0.3) is 0 Å². The van der Waals surface area contributed by atoms with Gasteiger partial charge in [-0.25, -0.2) is 4.79 Å². The van der Waals surface area contributed by atoms with Crippen molar-refractivity contribution in [2.75, 3.05) is 6.54 Å². The second kappa shape index (κ2) is 5.10. The second-order valence-corrected chi connectivity index (χ2v) is 4.31. The van der Waals surface area contributed by atoms with Gasteiger partial charge in [-0.3, -0.25) is 0 Å². The molecule has 0 atom stereocenters. The number of hydrogen-bond acceptors (Lipinski definition) is 1. The van der Waals surface area contributed by atoms with Crippen LogP contribution in [-0.4, -0.2) is 28.2 Å². The Morgan fingerprint density at radius 1 is 1.31 bits per heavy atom. The number of hydrogen-bond donors (Lipinski definition) is 1. The number of unbranched alkanes of at least 4 members (excludes halogenated alkanes) is 2. The summed E-state index contributed by atoms with van der Waals surface area (Å²) in [6.07, 6.45) is 2.36. The summed E-state index contributed by atoms with van der Waals surface area (Å²) in [4.78, 5) is 12.4. The van der Waals surface area contributed by atoms with Gasteiger partial charge in [-0.15, -0.1) is 0 Å². The first-order chi connectivity index (χ1) is 5.89. The highest BCUT2D eigenvalue weighted by Crippen LogP contribution is 2.14. The fourth-order valence-electron chi connectivity index (χ4n) is 1.24. The predicted molar refractivity (Wildman–Crippen MR) is 54.0 cm³/mol. The van der Waals surface area contributed by atoms with E-state index in [1.54, 1.807) is 0 Å². The first kappa shape index (κ1) is 12.3. The molecule has 0 aliphatic carbocycles. The Labute approximate surface area is 80.7 Å². The third kappa shape index (κ3) is 4.76. The smallest absolute Gasteiger partial charge is 0.407 e. The minimum absolute atomic E-state index is 0.278. The molecule has 0 unspecified atom stereocenters. The lowest BCUT2D eigenvalue weighted by atomic mass is 10.1. The molecule has 13 heavy (non-hydrogen) atoms. The van der Waals surface area contributed by atoms with Gasteiger partial charge >= 0.3 is 6.09 Å². The van der Waals surface area contributed by atoms with E-state index in [0.717, 1.165) is 19.3 Å². The molecular weight excluding hydrogens is 166 g/mol. The highest BCUT2D eigenvalue weighted by molar-refractivity contribution is 5.65. The van der Waals surface area contributed by atoms with Crippen LogP contribution in [0.4, 0.5) is 4.79 Å². The maximum absolute atomic E-state index is 10.9. The number of nitrogens with zero attached hydrogens (tertiary/aromatic N) is 1. The maximum atomic E-state index is 10.9. The van der Waals surface area contributed by atoms with Crippen molar-refractivity contribution in [1.29, 1.82) is 0 Å². The average Bonchev–Trinajstić information content (AvgIpc) is 1.94. The molecule has 1 N–H and O–H groups in total. The third-order valence-corrected chi connectivity index (χ3v) is 2.03. The van der Waals surface area contributed by atoms with E-state index < -0.39 is 6.09 Å². The normalized spacial score (nSPS) is 11.4. The Hall–Kier alpha value is -0.730. The van der Waals surface area contributed by atoms with Gasteiger partial charge in [-0.1, -0.05) is 19.8 Å². The first-order valence-corrected chi connectivity index (χ1v) is 4.90. The van der Waals surface area contributed by atoms with Crippen LogP contribution in [0, 0.1) is 0 Å². The molecule has 1 amide bonds. The molecule has 0 spiro atoms. The quantitative estimate of drug-likeness (QED) is 0.687. The van der Waals surface area contributed by atoms with Crippen molar-refractivity contribution >= 4 is 6.09 Å². The molecule has 78 valence electrons. The monoisotopic (exact) mass is 187 g/mol. The van der Waals surface area contributed by atoms with Crippen LogP contribution >= 0.6 is 0 Å². The summed E-state index contributed by atoms with van der Waals surface area (Å²) in [5, 5.41) is 8.93. The molecule has 0 saturated carbocycles. The maximum Gasteiger partial charge on any atom is 0.407 e. The second-order valence-electron chi connectivity index (χ2n) is 4.31. The summed E-state index contributed by atoms with van der Waals surface area (Å²) in [5.41, 5.74) is -0.278. The standard InChI is InChI=1S/C10H21NO2/c1-5-6-7-8-11(9(12)13)10(2,3)4/h5-8H2,1-4H3,(H,12,13). The summed E-state index contributed by atoms with van der Waals surface area (Å²) in [5.74, 6) is 0. The van der Waals surface area contributed by atoms with E-state index in [1.165, 1.54) is 4.90 Å². The molecular formula is C10H21NO2. The molecule has 0 aliphatic heterocycles. The summed E-state index contributed by atoms with van der Waals surface area (Å²) >= 11 is 0. The van der Waals surface area contributed by atoms with Crippen LogP contribution in [0.5, 0.6) is 0 Å². The van der Waals surface area contributed by atoms with Crippen LogP contribution in [0.3, 0.4) is 0 Å². The molecule has 0 radical (unpaired) electrons. The molecule has 0 aromatic heterocycles. The molecule has 0 rings (SSSR count). The van der Waals surface area contributed by atoms with Crippen LogP contribution in [0.15, 0.2) is 0 Å². The molecule has 0 saturated heterocycles. The third-order valence-electron chi connectivity index (χ3n) is 2.03. The van der Waals surface area contributed by atoms with Gasteiger partial charge in [0.1, 0.15) is 0 Å². The van der Waals surface area contributed by atoms with Crippen LogP contribution in [0.2, 0.25) is 0 Å². The lowest BCUT2D eigenvalue weighted by molar-refractivity contribution is 0.0991. The SMILES string of the molecule is CCCCCN(C(=O)O)C(C)(C)C. The topological polar surface area (TPSA) is 40.5 Å². The lowest BCUT2D eigenvalue weighted by Gasteiger charge is -2.33. The van der Waals surface area contributed by atoms with Crippen molar-refractivity contribution in [2.45, 2.75) is 52.5 Å². The van der Waals surface area contributed by atoms with Gasteiger partial charge in [-0.2, -0.15) is 0 Å². The molecule has 3 heteroatoms. The van der Waals surface area contributed by atoms with Crippen molar-refractivity contribution < 1.29 is 9.90 Å². The summed E-state index contributed by atoms with van der Waals surface area (Å²) in [6, 6.07) is 0. The van der Waals surface area contributed by atoms with Gasteiger partial charge in [0.05, 0.1) is 0 Å². The van der Waals surface area contributed by atoms with E-state index in [2.05, 4.69) is 6.92 Å². The number of amides is 1. The molecule has 0 bridgehead atoms. The van der Waals surface area contributed by atoms with E-state index >= 15 is 0 Å². The van der Waals surface area contributed by atoms with Crippen LogP contribution in [0.1, 0.15) is 47.0 Å². The van der Waals surface area contributed by atoms with E-state index in [1.807, 2.05) is 20.8 Å². The lowest BCUT2D eigenvalue weighted by Crippen LogP contribution is -2.45. The zero-order valence-electron chi connectivity index (χ0n) is 9.13. The fraction of sp³-hybridized carbons (Fsp3) is 0.900. The van der Waals surface area contributed by atoms with Gasteiger partial charge in [0.2, 0.25) is 0 Å². The molecule has 0 heterocycles. The van der Waals surface area contributed by atoms with E-state index in [9.17, 15) is 4.79 Å². The zero-order valence-corrected chi connectivity index (χ0v) is 9.13. The van der Waals surface area contributed by atoms with E-state index in [-0.39, 0.29) is 5.54 Å². The Kier molecular flexibility index (Phi) is 4.81. The van der Waals surface area contributed by atoms with Crippen molar-refractivity contribution in [1.82, 2.24) is 4.90 Å². The van der Waals surface area contributed by atoms with E-state index in [4.69, 9.17) is 5.11 Å². The van der Waals surface area contributed by atoms with Gasteiger partial charge in [0.25, 0.3) is 0 Å². The van der Waals surface area contributed by atoms with E-state index in [0.29, 0.717) is 6.54 Å². The highest BCUT2D eigenvalue weighted by Gasteiger charge is 2.24. The van der Waals surface area contributed by atoms with Crippen LogP contribution < -0.4 is 0 Å². The molecule has 0 aromatic carbocycles. The number of carboxylic acid groups (broad SMARTS) is 1. The fourth-order valence-corrected chi connectivity index (χ4v) is 1.24. The minimum Gasteiger partial charge on any atom is -0.465 e. The zero-order chi connectivity index (χ0) is 10.5. The average molecular weight is 187 g/mol. The Morgan fingerprint density at radius 2 is 1.85 bits per heavy atom. The van der Waals surface area contributed by atoms with Crippen molar-refractivity contribution in [2.24, 2.45) is 0 Å². The van der Waals surface area contributed by atoms with Gasteiger partial charge in [0, 0.05) is 12.1 Å². The largest absolute Gasteiger partial charge is 0.465 e. The van der Waals surface area contributed by atoms with Gasteiger partial charge in [0.15, 0.2) is 0 Å². The Bertz CT molecular complexity index is 161. The first-order valence-electron chi connectivity index (χ1n) is 4.90. The molecule has 0 aromatic rings.